The van der Waals surface area contributed by atoms with Gasteiger partial charge in [-0.1, -0.05) is 22.0 Å². The number of nitrogen functional groups attached to an aromatic ring is 1. The molecule has 0 aromatic heterocycles. The van der Waals surface area contributed by atoms with E-state index in [9.17, 15) is 0 Å². The lowest BCUT2D eigenvalue weighted by Gasteiger charge is -2.12. The predicted octanol–water partition coefficient (Wildman–Crippen LogP) is 3.96. The van der Waals surface area contributed by atoms with Gasteiger partial charge in [0.05, 0.1) is 23.0 Å². The second kappa shape index (κ2) is 5.11. The zero-order chi connectivity index (χ0) is 13.1. The smallest absolute Gasteiger partial charge is 0.0992 e. The number of halogens is 1. The largest absolute Gasteiger partial charge is 0.397 e. The van der Waals surface area contributed by atoms with Gasteiger partial charge in [0.15, 0.2) is 0 Å². The molecule has 0 saturated heterocycles. The summed E-state index contributed by atoms with van der Waals surface area (Å²) in [5.41, 5.74) is 9.93. The Bertz CT molecular complexity index is 629. The summed E-state index contributed by atoms with van der Waals surface area (Å²) < 4.78 is 1.04. The van der Waals surface area contributed by atoms with Crippen LogP contribution in [0, 0.1) is 18.3 Å². The summed E-state index contributed by atoms with van der Waals surface area (Å²) in [6.07, 6.45) is 0. The van der Waals surface area contributed by atoms with Gasteiger partial charge in [-0.25, -0.2) is 0 Å². The molecule has 3 nitrogen and oxygen atoms in total. The van der Waals surface area contributed by atoms with Gasteiger partial charge >= 0.3 is 0 Å². The Morgan fingerprint density at radius 3 is 2.67 bits per heavy atom. The molecule has 18 heavy (non-hydrogen) atoms. The molecule has 3 N–H and O–H groups in total. The summed E-state index contributed by atoms with van der Waals surface area (Å²) in [4.78, 5) is 0. The van der Waals surface area contributed by atoms with Gasteiger partial charge in [-0.3, -0.25) is 0 Å². The molecule has 0 saturated carbocycles. The number of nitriles is 1. The molecular weight excluding hydrogens is 290 g/mol. The van der Waals surface area contributed by atoms with E-state index in [4.69, 9.17) is 11.0 Å². The fraction of sp³-hybridized carbons (Fsp3) is 0.0714. The van der Waals surface area contributed by atoms with Gasteiger partial charge in [-0.15, -0.1) is 0 Å². The molecule has 2 aromatic carbocycles. The molecular formula is C14H12BrN3. The highest BCUT2D eigenvalue weighted by Crippen LogP contribution is 2.29. The summed E-state index contributed by atoms with van der Waals surface area (Å²) >= 11 is 3.49. The third kappa shape index (κ3) is 2.47. The van der Waals surface area contributed by atoms with E-state index >= 15 is 0 Å². The van der Waals surface area contributed by atoms with Crippen molar-refractivity contribution in [3.63, 3.8) is 0 Å². The first-order chi connectivity index (χ1) is 8.61. The van der Waals surface area contributed by atoms with Gasteiger partial charge in [-0.2, -0.15) is 5.26 Å². The first kappa shape index (κ1) is 12.5. The normalized spacial score (nSPS) is 9.83. The molecule has 0 aliphatic carbocycles. The van der Waals surface area contributed by atoms with Crippen LogP contribution in [0.3, 0.4) is 0 Å². The highest BCUT2D eigenvalue weighted by molar-refractivity contribution is 9.10. The van der Waals surface area contributed by atoms with E-state index < -0.39 is 0 Å². The van der Waals surface area contributed by atoms with Crippen molar-refractivity contribution in [3.05, 3.63) is 52.0 Å². The van der Waals surface area contributed by atoms with Crippen LogP contribution in [0.25, 0.3) is 0 Å². The molecule has 2 rings (SSSR count). The van der Waals surface area contributed by atoms with Crippen molar-refractivity contribution in [3.8, 4) is 6.07 Å². The first-order valence-electron chi connectivity index (χ1n) is 5.43. The van der Waals surface area contributed by atoms with Crippen LogP contribution < -0.4 is 11.1 Å². The van der Waals surface area contributed by atoms with Crippen molar-refractivity contribution in [2.75, 3.05) is 11.1 Å². The summed E-state index contributed by atoms with van der Waals surface area (Å²) in [6, 6.07) is 13.2. The van der Waals surface area contributed by atoms with Crippen molar-refractivity contribution < 1.29 is 0 Å². The average Bonchev–Trinajstić information content (AvgIpc) is 2.37. The van der Waals surface area contributed by atoms with E-state index in [2.05, 4.69) is 27.3 Å². The zero-order valence-electron chi connectivity index (χ0n) is 9.87. The van der Waals surface area contributed by atoms with Gasteiger partial charge in [0.2, 0.25) is 0 Å². The minimum Gasteiger partial charge on any atom is -0.397 e. The Morgan fingerprint density at radius 1 is 1.22 bits per heavy atom. The number of nitrogens with two attached hydrogens (primary N) is 1. The molecule has 0 amide bonds. The minimum atomic E-state index is 0.559. The number of nitrogens with zero attached hydrogens (tertiary/aromatic N) is 1. The topological polar surface area (TPSA) is 61.8 Å². The lowest BCUT2D eigenvalue weighted by atomic mass is 10.1. The van der Waals surface area contributed by atoms with Crippen molar-refractivity contribution in [1.82, 2.24) is 0 Å². The fourth-order valence-corrected chi connectivity index (χ4v) is 2.00. The van der Waals surface area contributed by atoms with E-state index in [0.717, 1.165) is 21.4 Å². The second-order valence-electron chi connectivity index (χ2n) is 3.95. The molecule has 0 bridgehead atoms. The van der Waals surface area contributed by atoms with E-state index in [-0.39, 0.29) is 0 Å². The van der Waals surface area contributed by atoms with Crippen LogP contribution in [-0.2, 0) is 0 Å². The van der Waals surface area contributed by atoms with Gasteiger partial charge in [0.1, 0.15) is 0 Å². The first-order valence-corrected chi connectivity index (χ1v) is 6.23. The number of hydrogen-bond acceptors (Lipinski definition) is 3. The van der Waals surface area contributed by atoms with Crippen molar-refractivity contribution in [2.45, 2.75) is 6.92 Å². The van der Waals surface area contributed by atoms with Gasteiger partial charge in [0, 0.05) is 10.2 Å². The van der Waals surface area contributed by atoms with Crippen molar-refractivity contribution in [2.24, 2.45) is 0 Å². The Kier molecular flexibility index (Phi) is 3.54. The standard InChI is InChI=1S/C14H12BrN3/c1-9-11(15)3-2-4-13(9)18-14-6-5-10(8-16)7-12(14)17/h2-7,18H,17H2,1H3. The molecule has 0 aliphatic rings. The molecule has 0 radical (unpaired) electrons. The van der Waals surface area contributed by atoms with Crippen LogP contribution in [0.15, 0.2) is 40.9 Å². The number of anilines is 3. The zero-order valence-corrected chi connectivity index (χ0v) is 11.5. The molecule has 4 heteroatoms. The van der Waals surface area contributed by atoms with Crippen molar-refractivity contribution >= 4 is 33.0 Å². The van der Waals surface area contributed by atoms with Crippen LogP contribution >= 0.6 is 15.9 Å². The maximum Gasteiger partial charge on any atom is 0.0992 e. The van der Waals surface area contributed by atoms with Gasteiger partial charge in [0.25, 0.3) is 0 Å². The van der Waals surface area contributed by atoms with Crippen LogP contribution in [0.1, 0.15) is 11.1 Å². The predicted molar refractivity (Wildman–Crippen MR) is 77.7 cm³/mol. The highest BCUT2D eigenvalue weighted by Gasteiger charge is 2.05. The van der Waals surface area contributed by atoms with E-state index in [0.29, 0.717) is 11.3 Å². The maximum absolute atomic E-state index is 8.79. The second-order valence-corrected chi connectivity index (χ2v) is 4.81. The highest BCUT2D eigenvalue weighted by atomic mass is 79.9. The van der Waals surface area contributed by atoms with E-state index in [1.54, 1.807) is 12.1 Å². The average molecular weight is 302 g/mol. The fourth-order valence-electron chi connectivity index (χ4n) is 1.63. The number of nitrogens with one attached hydrogen (secondary N) is 1. The van der Waals surface area contributed by atoms with Gasteiger partial charge < -0.3 is 11.1 Å². The van der Waals surface area contributed by atoms with E-state index in [1.165, 1.54) is 0 Å². The lowest BCUT2D eigenvalue weighted by Crippen LogP contribution is -1.98. The SMILES string of the molecule is Cc1c(Br)cccc1Nc1ccc(C#N)cc1N. The molecule has 90 valence electrons. The third-order valence-corrected chi connectivity index (χ3v) is 3.58. The van der Waals surface area contributed by atoms with Crippen LogP contribution in [0.4, 0.5) is 17.1 Å². The van der Waals surface area contributed by atoms with Crippen LogP contribution in [0.2, 0.25) is 0 Å². The summed E-state index contributed by atoms with van der Waals surface area (Å²) in [5.74, 6) is 0. The van der Waals surface area contributed by atoms with Crippen molar-refractivity contribution in [1.29, 1.82) is 5.26 Å². The Balaban J connectivity index is 2.35. The summed E-state index contributed by atoms with van der Waals surface area (Å²) in [5, 5.41) is 12.1. The molecule has 0 heterocycles. The summed E-state index contributed by atoms with van der Waals surface area (Å²) in [6.45, 7) is 2.02. The Labute approximate surface area is 114 Å². The Morgan fingerprint density at radius 2 is 2.00 bits per heavy atom. The molecule has 0 unspecified atom stereocenters. The number of rotatable bonds is 2. The maximum atomic E-state index is 8.79. The molecule has 2 aromatic rings. The summed E-state index contributed by atoms with van der Waals surface area (Å²) in [7, 11) is 0. The number of benzene rings is 2. The number of hydrogen-bond donors (Lipinski definition) is 2. The molecule has 0 atom stereocenters. The van der Waals surface area contributed by atoms with Gasteiger partial charge in [-0.05, 0) is 42.8 Å². The third-order valence-electron chi connectivity index (χ3n) is 2.72. The lowest BCUT2D eigenvalue weighted by molar-refractivity contribution is 1.40. The van der Waals surface area contributed by atoms with Crippen LogP contribution in [-0.4, -0.2) is 0 Å². The molecule has 0 aliphatic heterocycles. The van der Waals surface area contributed by atoms with Crippen LogP contribution in [0.5, 0.6) is 0 Å². The Hall–Kier alpha value is -1.99. The minimum absolute atomic E-state index is 0.559. The molecule has 0 spiro atoms. The monoisotopic (exact) mass is 301 g/mol. The molecule has 0 fully saturated rings. The quantitative estimate of drug-likeness (QED) is 0.826. The van der Waals surface area contributed by atoms with E-state index in [1.807, 2.05) is 31.2 Å².